The summed E-state index contributed by atoms with van der Waals surface area (Å²) >= 11 is 3.12. The number of anilines is 1. The van der Waals surface area contributed by atoms with Crippen molar-refractivity contribution in [3.63, 3.8) is 0 Å². The molecule has 1 atom stereocenters. The Labute approximate surface area is 132 Å². The molecule has 0 fully saturated rings. The highest BCUT2D eigenvalue weighted by atomic mass is 32.2. The summed E-state index contributed by atoms with van der Waals surface area (Å²) in [5.41, 5.74) is 2.36. The number of carbonyl (C=O) groups excluding carboxylic acids is 1. The van der Waals surface area contributed by atoms with Gasteiger partial charge in [0.1, 0.15) is 5.82 Å². The molecule has 1 aromatic carbocycles. The number of halogens is 1. The first-order chi connectivity index (χ1) is 9.95. The van der Waals surface area contributed by atoms with Crippen LogP contribution >= 0.6 is 23.1 Å². The van der Waals surface area contributed by atoms with Gasteiger partial charge in [0, 0.05) is 16.8 Å². The summed E-state index contributed by atoms with van der Waals surface area (Å²) in [6.07, 6.45) is 0. The third-order valence-electron chi connectivity index (χ3n) is 2.97. The number of aromatic nitrogens is 1. The van der Waals surface area contributed by atoms with E-state index in [1.807, 2.05) is 26.2 Å². The summed E-state index contributed by atoms with van der Waals surface area (Å²) < 4.78 is 13.2. The van der Waals surface area contributed by atoms with Crippen LogP contribution in [0.1, 0.15) is 23.2 Å². The molecule has 0 aliphatic carbocycles. The smallest absolute Gasteiger partial charge is 0.237 e. The molecule has 0 saturated heterocycles. The summed E-state index contributed by atoms with van der Waals surface area (Å²) in [4.78, 5) is 16.5. The molecule has 0 aliphatic heterocycles. The van der Waals surface area contributed by atoms with Gasteiger partial charge in [-0.1, -0.05) is 6.07 Å². The molecule has 21 heavy (non-hydrogen) atoms. The van der Waals surface area contributed by atoms with E-state index < -0.39 is 0 Å². The zero-order chi connectivity index (χ0) is 15.4. The van der Waals surface area contributed by atoms with E-state index in [-0.39, 0.29) is 17.0 Å². The third-order valence-corrected chi connectivity index (χ3v) is 4.97. The van der Waals surface area contributed by atoms with Gasteiger partial charge in [0.05, 0.1) is 16.0 Å². The Morgan fingerprint density at radius 2 is 2.24 bits per heavy atom. The number of aryl methyl sites for hydroxylation is 2. The van der Waals surface area contributed by atoms with Crippen LogP contribution in [0.25, 0.3) is 0 Å². The number of carbonyl (C=O) groups is 1. The first kappa shape index (κ1) is 16.0. The molecule has 1 unspecified atom stereocenters. The highest BCUT2D eigenvalue weighted by molar-refractivity contribution is 7.99. The molecule has 0 aliphatic rings. The van der Waals surface area contributed by atoms with Crippen molar-refractivity contribution in [2.45, 2.75) is 31.8 Å². The molecule has 3 nitrogen and oxygen atoms in total. The SMILES string of the molecule is Cc1nc(CSC(C)C(=O)Nc2cc(F)ccc2C)cs1. The maximum atomic E-state index is 13.2. The van der Waals surface area contributed by atoms with Crippen molar-refractivity contribution >= 4 is 34.7 Å². The molecular weight excluding hydrogens is 307 g/mol. The zero-order valence-corrected chi connectivity index (χ0v) is 13.8. The lowest BCUT2D eigenvalue weighted by molar-refractivity contribution is -0.115. The van der Waals surface area contributed by atoms with E-state index in [9.17, 15) is 9.18 Å². The molecule has 0 radical (unpaired) electrons. The summed E-state index contributed by atoms with van der Waals surface area (Å²) in [5, 5.41) is 5.58. The predicted octanol–water partition coefficient (Wildman–Crippen LogP) is 4.16. The lowest BCUT2D eigenvalue weighted by atomic mass is 10.2. The van der Waals surface area contributed by atoms with E-state index in [4.69, 9.17) is 0 Å². The van der Waals surface area contributed by atoms with Gasteiger partial charge in [0.15, 0.2) is 0 Å². The summed E-state index contributed by atoms with van der Waals surface area (Å²) in [7, 11) is 0. The number of benzene rings is 1. The Kier molecular flexibility index (Phi) is 5.36. The second kappa shape index (κ2) is 7.04. The molecule has 2 aromatic rings. The fourth-order valence-corrected chi connectivity index (χ4v) is 3.22. The Balaban J connectivity index is 1.91. The first-order valence-electron chi connectivity index (χ1n) is 6.55. The topological polar surface area (TPSA) is 42.0 Å². The number of rotatable bonds is 5. The maximum absolute atomic E-state index is 13.2. The minimum Gasteiger partial charge on any atom is -0.325 e. The van der Waals surface area contributed by atoms with Gasteiger partial charge in [-0.25, -0.2) is 9.37 Å². The van der Waals surface area contributed by atoms with Gasteiger partial charge in [0.25, 0.3) is 0 Å². The van der Waals surface area contributed by atoms with Crippen LogP contribution in [0.5, 0.6) is 0 Å². The highest BCUT2D eigenvalue weighted by Gasteiger charge is 2.15. The number of hydrogen-bond acceptors (Lipinski definition) is 4. The fraction of sp³-hybridized carbons (Fsp3) is 0.333. The molecular formula is C15H17FN2OS2. The maximum Gasteiger partial charge on any atom is 0.237 e. The Bertz CT molecular complexity index is 642. The monoisotopic (exact) mass is 324 g/mol. The van der Waals surface area contributed by atoms with Crippen molar-refractivity contribution in [1.29, 1.82) is 0 Å². The van der Waals surface area contributed by atoms with Crippen molar-refractivity contribution in [2.24, 2.45) is 0 Å². The van der Waals surface area contributed by atoms with E-state index in [0.717, 1.165) is 16.3 Å². The predicted molar refractivity (Wildman–Crippen MR) is 87.4 cm³/mol. The van der Waals surface area contributed by atoms with Gasteiger partial charge in [-0.2, -0.15) is 0 Å². The standard InChI is InChI=1S/C15H17FN2OS2/c1-9-4-5-12(16)6-14(9)18-15(19)10(2)20-7-13-8-21-11(3)17-13/h4-6,8,10H,7H2,1-3H3,(H,18,19). The molecule has 1 amide bonds. The van der Waals surface area contributed by atoms with Crippen molar-refractivity contribution < 1.29 is 9.18 Å². The number of nitrogens with zero attached hydrogens (tertiary/aromatic N) is 1. The van der Waals surface area contributed by atoms with Crippen LogP contribution in [-0.4, -0.2) is 16.1 Å². The van der Waals surface area contributed by atoms with Crippen LogP contribution in [-0.2, 0) is 10.5 Å². The summed E-state index contributed by atoms with van der Waals surface area (Å²) in [6, 6.07) is 4.38. The van der Waals surface area contributed by atoms with E-state index in [1.165, 1.54) is 23.9 Å². The van der Waals surface area contributed by atoms with Crippen molar-refractivity contribution in [3.8, 4) is 0 Å². The molecule has 112 valence electrons. The average molecular weight is 324 g/mol. The van der Waals surface area contributed by atoms with Gasteiger partial charge in [-0.15, -0.1) is 23.1 Å². The second-order valence-electron chi connectivity index (χ2n) is 4.76. The molecule has 0 saturated carbocycles. The van der Waals surface area contributed by atoms with Crippen LogP contribution in [0, 0.1) is 19.7 Å². The van der Waals surface area contributed by atoms with Crippen LogP contribution in [0.2, 0.25) is 0 Å². The lowest BCUT2D eigenvalue weighted by Gasteiger charge is -2.13. The van der Waals surface area contributed by atoms with E-state index in [0.29, 0.717) is 11.4 Å². The largest absolute Gasteiger partial charge is 0.325 e. The number of thiazole rings is 1. The third kappa shape index (κ3) is 4.54. The van der Waals surface area contributed by atoms with E-state index in [2.05, 4.69) is 10.3 Å². The molecule has 1 heterocycles. The number of hydrogen-bond donors (Lipinski definition) is 1. The fourth-order valence-electron chi connectivity index (χ4n) is 1.72. The average Bonchev–Trinajstić information content (AvgIpc) is 2.86. The highest BCUT2D eigenvalue weighted by Crippen LogP contribution is 2.22. The van der Waals surface area contributed by atoms with Gasteiger partial charge >= 0.3 is 0 Å². The lowest BCUT2D eigenvalue weighted by Crippen LogP contribution is -2.23. The van der Waals surface area contributed by atoms with Crippen LogP contribution in [0.15, 0.2) is 23.6 Å². The van der Waals surface area contributed by atoms with Crippen LogP contribution in [0.3, 0.4) is 0 Å². The molecule has 0 spiro atoms. The quantitative estimate of drug-likeness (QED) is 0.898. The second-order valence-corrected chi connectivity index (χ2v) is 7.15. The minimum absolute atomic E-state index is 0.124. The zero-order valence-electron chi connectivity index (χ0n) is 12.1. The van der Waals surface area contributed by atoms with E-state index >= 15 is 0 Å². The Morgan fingerprint density at radius 1 is 1.48 bits per heavy atom. The number of thioether (sulfide) groups is 1. The summed E-state index contributed by atoms with van der Waals surface area (Å²) in [6.45, 7) is 5.64. The molecule has 6 heteroatoms. The van der Waals surface area contributed by atoms with Gasteiger partial charge in [-0.05, 0) is 38.5 Å². The molecule has 1 aromatic heterocycles. The van der Waals surface area contributed by atoms with Crippen molar-refractivity contribution in [2.75, 3.05) is 5.32 Å². The van der Waals surface area contributed by atoms with Gasteiger partial charge < -0.3 is 5.32 Å². The van der Waals surface area contributed by atoms with Crippen molar-refractivity contribution in [3.05, 3.63) is 45.7 Å². The van der Waals surface area contributed by atoms with Crippen LogP contribution < -0.4 is 5.32 Å². The normalized spacial score (nSPS) is 12.2. The molecule has 2 rings (SSSR count). The minimum atomic E-state index is -0.353. The summed E-state index contributed by atoms with van der Waals surface area (Å²) in [5.74, 6) is 0.218. The molecule has 1 N–H and O–H groups in total. The van der Waals surface area contributed by atoms with E-state index in [1.54, 1.807) is 17.4 Å². The first-order valence-corrected chi connectivity index (χ1v) is 8.48. The van der Waals surface area contributed by atoms with Gasteiger partial charge in [-0.3, -0.25) is 4.79 Å². The molecule has 0 bridgehead atoms. The van der Waals surface area contributed by atoms with Crippen LogP contribution in [0.4, 0.5) is 10.1 Å². The number of nitrogens with one attached hydrogen (secondary N) is 1. The van der Waals surface area contributed by atoms with Gasteiger partial charge in [0.2, 0.25) is 5.91 Å². The Morgan fingerprint density at radius 3 is 2.90 bits per heavy atom. The Hall–Kier alpha value is -1.40. The number of amides is 1. The van der Waals surface area contributed by atoms with Crippen molar-refractivity contribution in [1.82, 2.24) is 4.98 Å².